The summed E-state index contributed by atoms with van der Waals surface area (Å²) in [5.74, 6) is -1.55. The number of rotatable bonds is 4. The van der Waals surface area contributed by atoms with Crippen LogP contribution >= 0.6 is 11.6 Å². The number of benzene rings is 2. The van der Waals surface area contributed by atoms with Crippen molar-refractivity contribution in [2.75, 3.05) is 11.4 Å². The first-order valence-corrected chi connectivity index (χ1v) is 8.06. The van der Waals surface area contributed by atoms with Gasteiger partial charge in [0.1, 0.15) is 5.82 Å². The predicted octanol–water partition coefficient (Wildman–Crippen LogP) is 2.98. The summed E-state index contributed by atoms with van der Waals surface area (Å²) >= 11 is 5.88. The number of hydrogen-bond acceptors (Lipinski definition) is 3. The zero-order valence-corrected chi connectivity index (χ0v) is 13.9. The molecular weight excluding hydrogens is 345 g/mol. The van der Waals surface area contributed by atoms with Crippen molar-refractivity contribution in [3.05, 3.63) is 64.9 Å². The standard InChI is InChI=1S/C18H15ClFN3O2/c19-15-7-4-8-16(20)14(15)10-21-22-18(25)12-9-17(24)23(11-12)13-5-2-1-3-6-13/h1-8,10,12H,9,11H2,(H,22,25)/b21-10-/t12-/m0/s1. The van der Waals surface area contributed by atoms with Gasteiger partial charge in [0.25, 0.3) is 0 Å². The second kappa shape index (κ2) is 7.44. The van der Waals surface area contributed by atoms with Crippen LogP contribution in [0.25, 0.3) is 0 Å². The molecule has 2 amide bonds. The molecule has 1 aliphatic rings. The zero-order chi connectivity index (χ0) is 17.8. The van der Waals surface area contributed by atoms with Crippen LogP contribution in [0.4, 0.5) is 10.1 Å². The highest BCUT2D eigenvalue weighted by Gasteiger charge is 2.35. The quantitative estimate of drug-likeness (QED) is 0.674. The molecule has 0 saturated carbocycles. The monoisotopic (exact) mass is 359 g/mol. The third-order valence-electron chi connectivity index (χ3n) is 3.93. The van der Waals surface area contributed by atoms with Gasteiger partial charge < -0.3 is 4.90 Å². The lowest BCUT2D eigenvalue weighted by Gasteiger charge is -2.16. The largest absolute Gasteiger partial charge is 0.312 e. The van der Waals surface area contributed by atoms with E-state index in [1.165, 1.54) is 18.2 Å². The summed E-state index contributed by atoms with van der Waals surface area (Å²) in [7, 11) is 0. The molecule has 0 bridgehead atoms. The van der Waals surface area contributed by atoms with Gasteiger partial charge in [0.05, 0.1) is 17.2 Å². The van der Waals surface area contributed by atoms with E-state index in [4.69, 9.17) is 11.6 Å². The minimum atomic E-state index is -0.531. The van der Waals surface area contributed by atoms with Crippen molar-refractivity contribution in [3.63, 3.8) is 0 Å². The third-order valence-corrected chi connectivity index (χ3v) is 4.26. The van der Waals surface area contributed by atoms with Crippen LogP contribution in [0.1, 0.15) is 12.0 Å². The first-order chi connectivity index (χ1) is 12.1. The molecule has 5 nitrogen and oxygen atoms in total. The van der Waals surface area contributed by atoms with Crippen molar-refractivity contribution in [3.8, 4) is 0 Å². The van der Waals surface area contributed by atoms with E-state index in [1.807, 2.05) is 30.3 Å². The minimum Gasteiger partial charge on any atom is -0.312 e. The Labute approximate surface area is 149 Å². The lowest BCUT2D eigenvalue weighted by atomic mass is 10.1. The molecule has 1 heterocycles. The first kappa shape index (κ1) is 17.1. The minimum absolute atomic E-state index is 0.0953. The molecule has 0 radical (unpaired) electrons. The number of amides is 2. The average Bonchev–Trinajstić information content (AvgIpc) is 3.00. The number of nitrogens with one attached hydrogen (secondary N) is 1. The second-order valence-electron chi connectivity index (χ2n) is 5.61. The first-order valence-electron chi connectivity index (χ1n) is 7.68. The Hall–Kier alpha value is -2.73. The molecule has 128 valence electrons. The van der Waals surface area contributed by atoms with Gasteiger partial charge in [-0.3, -0.25) is 9.59 Å². The number of hydrazone groups is 1. The Morgan fingerprint density at radius 2 is 2.00 bits per heavy atom. The number of anilines is 1. The van der Waals surface area contributed by atoms with Gasteiger partial charge in [-0.25, -0.2) is 9.82 Å². The Kier molecular flexibility index (Phi) is 5.09. The fourth-order valence-corrected chi connectivity index (χ4v) is 2.84. The molecule has 2 aromatic carbocycles. The van der Waals surface area contributed by atoms with Crippen LogP contribution < -0.4 is 10.3 Å². The average molecular weight is 360 g/mol. The summed E-state index contributed by atoms with van der Waals surface area (Å²) < 4.78 is 13.6. The molecular formula is C18H15ClFN3O2. The van der Waals surface area contributed by atoms with Crippen molar-refractivity contribution in [1.29, 1.82) is 0 Å². The van der Waals surface area contributed by atoms with Crippen LogP contribution in [0.2, 0.25) is 5.02 Å². The SMILES string of the molecule is O=C(N/N=C\c1c(F)cccc1Cl)[C@H]1CC(=O)N(c2ccccc2)C1. The zero-order valence-electron chi connectivity index (χ0n) is 13.2. The van der Waals surface area contributed by atoms with Crippen molar-refractivity contribution < 1.29 is 14.0 Å². The number of carbonyl (C=O) groups excluding carboxylic acids is 2. The van der Waals surface area contributed by atoms with E-state index in [0.29, 0.717) is 0 Å². The maximum atomic E-state index is 13.6. The lowest BCUT2D eigenvalue weighted by molar-refractivity contribution is -0.126. The van der Waals surface area contributed by atoms with E-state index in [1.54, 1.807) is 4.90 Å². The maximum Gasteiger partial charge on any atom is 0.245 e. The van der Waals surface area contributed by atoms with Crippen LogP contribution in [-0.2, 0) is 9.59 Å². The van der Waals surface area contributed by atoms with E-state index in [-0.39, 0.29) is 29.5 Å². The summed E-state index contributed by atoms with van der Waals surface area (Å²) in [4.78, 5) is 25.9. The van der Waals surface area contributed by atoms with Gasteiger partial charge in [-0.1, -0.05) is 35.9 Å². The second-order valence-corrected chi connectivity index (χ2v) is 6.02. The van der Waals surface area contributed by atoms with Gasteiger partial charge in [-0.05, 0) is 24.3 Å². The Morgan fingerprint density at radius 1 is 1.24 bits per heavy atom. The number of nitrogens with zero attached hydrogens (tertiary/aromatic N) is 2. The highest BCUT2D eigenvalue weighted by molar-refractivity contribution is 6.33. The molecule has 1 atom stereocenters. The normalized spacial score (nSPS) is 17.3. The summed E-state index contributed by atoms with van der Waals surface area (Å²) in [6.07, 6.45) is 1.26. The molecule has 0 aromatic heterocycles. The molecule has 1 N–H and O–H groups in total. The van der Waals surface area contributed by atoms with Crippen LogP contribution in [0.15, 0.2) is 53.6 Å². The van der Waals surface area contributed by atoms with Crippen molar-refractivity contribution in [2.45, 2.75) is 6.42 Å². The number of carbonyl (C=O) groups is 2. The van der Waals surface area contributed by atoms with Gasteiger partial charge in [-0.15, -0.1) is 0 Å². The lowest BCUT2D eigenvalue weighted by Crippen LogP contribution is -2.30. The molecule has 1 saturated heterocycles. The molecule has 1 aliphatic heterocycles. The number of halogens is 2. The van der Waals surface area contributed by atoms with Crippen molar-refractivity contribution in [1.82, 2.24) is 5.43 Å². The summed E-state index contributed by atoms with van der Waals surface area (Å²) in [5.41, 5.74) is 3.20. The highest BCUT2D eigenvalue weighted by atomic mass is 35.5. The van der Waals surface area contributed by atoms with Gasteiger partial charge in [0, 0.05) is 24.2 Å². The fraction of sp³-hybridized carbons (Fsp3) is 0.167. The topological polar surface area (TPSA) is 61.8 Å². The van der Waals surface area contributed by atoms with E-state index >= 15 is 0 Å². The fourth-order valence-electron chi connectivity index (χ4n) is 2.63. The molecule has 1 fully saturated rings. The molecule has 25 heavy (non-hydrogen) atoms. The maximum absolute atomic E-state index is 13.6. The van der Waals surface area contributed by atoms with Gasteiger partial charge >= 0.3 is 0 Å². The molecule has 0 spiro atoms. The van der Waals surface area contributed by atoms with Gasteiger partial charge in [0.15, 0.2) is 0 Å². The van der Waals surface area contributed by atoms with Crippen molar-refractivity contribution >= 4 is 35.3 Å². The van der Waals surface area contributed by atoms with Crippen LogP contribution in [-0.4, -0.2) is 24.6 Å². The molecule has 0 aliphatic carbocycles. The molecule has 2 aromatic rings. The van der Waals surface area contributed by atoms with E-state index < -0.39 is 17.6 Å². The third kappa shape index (κ3) is 3.85. The van der Waals surface area contributed by atoms with Crippen LogP contribution in [0, 0.1) is 11.7 Å². The summed E-state index contributed by atoms with van der Waals surface area (Å²) in [6, 6.07) is 13.4. The highest BCUT2D eigenvalue weighted by Crippen LogP contribution is 2.24. The van der Waals surface area contributed by atoms with E-state index in [2.05, 4.69) is 10.5 Å². The molecule has 0 unspecified atom stereocenters. The number of para-hydroxylation sites is 1. The summed E-state index contributed by atoms with van der Waals surface area (Å²) in [6.45, 7) is 0.282. The van der Waals surface area contributed by atoms with Gasteiger partial charge in [-0.2, -0.15) is 5.10 Å². The Morgan fingerprint density at radius 3 is 2.72 bits per heavy atom. The van der Waals surface area contributed by atoms with Crippen molar-refractivity contribution in [2.24, 2.45) is 11.0 Å². The Bertz CT molecular complexity index is 806. The van der Waals surface area contributed by atoms with Crippen LogP contribution in [0.3, 0.4) is 0 Å². The van der Waals surface area contributed by atoms with E-state index in [0.717, 1.165) is 11.9 Å². The Balaban J connectivity index is 1.63. The molecule has 3 rings (SSSR count). The van der Waals surface area contributed by atoms with Crippen LogP contribution in [0.5, 0.6) is 0 Å². The molecule has 7 heteroatoms. The smallest absolute Gasteiger partial charge is 0.245 e. The predicted molar refractivity (Wildman–Crippen MR) is 94.0 cm³/mol. The van der Waals surface area contributed by atoms with E-state index in [9.17, 15) is 14.0 Å². The summed E-state index contributed by atoms with van der Waals surface area (Å²) in [5, 5.41) is 3.95. The van der Waals surface area contributed by atoms with Gasteiger partial charge in [0.2, 0.25) is 11.8 Å². The number of hydrogen-bond donors (Lipinski definition) is 1.